The SMILES string of the molecule is COc1cc(C)c(C(=NC=N)Oc2cc(NC(=O)Nc3cc(C(C)(C)C)on3)ccc2CI)cc1OC. The van der Waals surface area contributed by atoms with Crippen LogP contribution in [0.25, 0.3) is 0 Å². The number of aryl methyl sites for hydroxylation is 1. The number of hydrogen-bond donors (Lipinski definition) is 3. The van der Waals surface area contributed by atoms with Crippen molar-refractivity contribution in [2.75, 3.05) is 24.9 Å². The van der Waals surface area contributed by atoms with E-state index in [4.69, 9.17) is 24.1 Å². The van der Waals surface area contributed by atoms with Gasteiger partial charge in [-0.1, -0.05) is 54.6 Å². The number of ether oxygens (including phenoxy) is 3. The molecule has 0 aliphatic heterocycles. The first-order valence-electron chi connectivity index (χ1n) is 11.3. The number of nitrogens with one attached hydrogen (secondary N) is 3. The molecule has 0 radical (unpaired) electrons. The number of alkyl halides is 1. The Morgan fingerprint density at radius 1 is 1.11 bits per heavy atom. The monoisotopic (exact) mass is 619 g/mol. The van der Waals surface area contributed by atoms with Crippen LogP contribution in [0.15, 0.2) is 45.9 Å². The van der Waals surface area contributed by atoms with Crippen LogP contribution in [-0.4, -0.2) is 37.6 Å². The second kappa shape index (κ2) is 12.1. The molecule has 3 aromatic rings. The molecule has 3 N–H and O–H groups in total. The molecule has 0 spiro atoms. The normalized spacial score (nSPS) is 11.6. The van der Waals surface area contributed by atoms with Gasteiger partial charge in [-0.2, -0.15) is 0 Å². The summed E-state index contributed by atoms with van der Waals surface area (Å²) in [7, 11) is 3.11. The Hall–Kier alpha value is -3.61. The topological polar surface area (TPSA) is 131 Å². The lowest BCUT2D eigenvalue weighted by Crippen LogP contribution is -2.20. The van der Waals surface area contributed by atoms with Crippen molar-refractivity contribution in [3.05, 3.63) is 58.8 Å². The molecular formula is C26H30IN5O5. The lowest BCUT2D eigenvalue weighted by atomic mass is 9.93. The Labute approximate surface area is 229 Å². The predicted octanol–water partition coefficient (Wildman–Crippen LogP) is 6.31. The van der Waals surface area contributed by atoms with Gasteiger partial charge in [0.2, 0.25) is 5.90 Å². The first-order chi connectivity index (χ1) is 17.6. The van der Waals surface area contributed by atoms with Gasteiger partial charge in [-0.3, -0.25) is 10.7 Å². The second-order valence-corrected chi connectivity index (χ2v) is 9.81. The van der Waals surface area contributed by atoms with Crippen LogP contribution >= 0.6 is 22.6 Å². The van der Waals surface area contributed by atoms with E-state index in [1.807, 2.05) is 39.8 Å². The van der Waals surface area contributed by atoms with Crippen molar-refractivity contribution in [3.63, 3.8) is 0 Å². The van der Waals surface area contributed by atoms with Crippen LogP contribution in [0.5, 0.6) is 17.2 Å². The Morgan fingerprint density at radius 2 is 1.81 bits per heavy atom. The summed E-state index contributed by atoms with van der Waals surface area (Å²) < 4.78 is 23.0. The van der Waals surface area contributed by atoms with E-state index < -0.39 is 6.03 Å². The summed E-state index contributed by atoms with van der Waals surface area (Å²) in [5.41, 5.74) is 2.61. The summed E-state index contributed by atoms with van der Waals surface area (Å²) in [5, 5.41) is 16.9. The van der Waals surface area contributed by atoms with E-state index in [1.54, 1.807) is 38.5 Å². The fourth-order valence-electron chi connectivity index (χ4n) is 3.33. The zero-order valence-corrected chi connectivity index (χ0v) is 23.7. The van der Waals surface area contributed by atoms with E-state index >= 15 is 0 Å². The minimum atomic E-state index is -0.481. The average molecular weight is 619 g/mol. The number of benzene rings is 2. The molecular weight excluding hydrogens is 589 g/mol. The molecule has 0 atom stereocenters. The van der Waals surface area contributed by atoms with Crippen LogP contribution in [0.4, 0.5) is 16.3 Å². The van der Waals surface area contributed by atoms with E-state index in [-0.39, 0.29) is 11.3 Å². The molecule has 3 rings (SSSR count). The van der Waals surface area contributed by atoms with Crippen LogP contribution in [0, 0.1) is 12.3 Å². The second-order valence-electron chi connectivity index (χ2n) is 9.05. The summed E-state index contributed by atoms with van der Waals surface area (Å²) >= 11 is 2.23. The maximum Gasteiger partial charge on any atom is 0.324 e. The highest BCUT2D eigenvalue weighted by molar-refractivity contribution is 14.1. The largest absolute Gasteiger partial charge is 0.493 e. The van der Waals surface area contributed by atoms with Gasteiger partial charge in [-0.05, 0) is 30.7 Å². The summed E-state index contributed by atoms with van der Waals surface area (Å²) in [6.45, 7) is 7.87. The number of amides is 2. The number of hydrogen-bond acceptors (Lipinski definition) is 7. The number of rotatable bonds is 8. The van der Waals surface area contributed by atoms with Gasteiger partial charge >= 0.3 is 6.03 Å². The third-order valence-corrected chi connectivity index (χ3v) is 6.13. The Bertz CT molecular complexity index is 1310. The van der Waals surface area contributed by atoms with Gasteiger partial charge in [0.05, 0.1) is 14.2 Å². The number of carbonyl (C=O) groups excluding carboxylic acids is 1. The number of aromatic nitrogens is 1. The number of urea groups is 1. The summed E-state index contributed by atoms with van der Waals surface area (Å²) in [5.74, 6) is 2.75. The molecule has 1 heterocycles. The van der Waals surface area contributed by atoms with Crippen LogP contribution in [-0.2, 0) is 9.84 Å². The summed E-state index contributed by atoms with van der Waals surface area (Å²) in [4.78, 5) is 16.7. The predicted molar refractivity (Wildman–Crippen MR) is 152 cm³/mol. The minimum Gasteiger partial charge on any atom is -0.493 e. The summed E-state index contributed by atoms with van der Waals surface area (Å²) in [6, 6.07) is 10.1. The van der Waals surface area contributed by atoms with Gasteiger partial charge in [-0.25, -0.2) is 9.79 Å². The van der Waals surface area contributed by atoms with E-state index in [9.17, 15) is 4.79 Å². The highest BCUT2D eigenvalue weighted by atomic mass is 127. The number of carbonyl (C=O) groups is 1. The fourth-order valence-corrected chi connectivity index (χ4v) is 3.96. The van der Waals surface area contributed by atoms with E-state index in [1.165, 1.54) is 0 Å². The molecule has 0 saturated carbocycles. The van der Waals surface area contributed by atoms with Crippen molar-refractivity contribution in [1.82, 2.24) is 5.16 Å². The quantitative estimate of drug-likeness (QED) is 0.117. The number of methoxy groups -OCH3 is 2. The molecule has 0 fully saturated rings. The van der Waals surface area contributed by atoms with Gasteiger partial charge in [-0.15, -0.1) is 0 Å². The number of anilines is 2. The number of halogens is 1. The Balaban J connectivity index is 1.85. The van der Waals surface area contributed by atoms with Gasteiger partial charge in [0.15, 0.2) is 17.3 Å². The molecule has 1 aromatic heterocycles. The first kappa shape index (κ1) is 28.0. The third-order valence-electron chi connectivity index (χ3n) is 5.31. The molecule has 196 valence electrons. The van der Waals surface area contributed by atoms with Crippen LogP contribution < -0.4 is 24.8 Å². The fraction of sp³-hybridized carbons (Fsp3) is 0.308. The maximum absolute atomic E-state index is 12.6. The van der Waals surface area contributed by atoms with Gasteiger partial charge in [0.1, 0.15) is 17.8 Å². The minimum absolute atomic E-state index is 0.207. The van der Waals surface area contributed by atoms with Crippen molar-refractivity contribution >= 4 is 52.4 Å². The standard InChI is InChI=1S/C26H30IN5O5/c1-15-9-20(34-5)21(35-6)11-18(15)24(29-14-28)36-19-10-17(8-7-16(19)13-27)30-25(33)31-23-12-22(37-32-23)26(2,3)4/h7-12,14,28H,13H2,1-6H3,(H2,30,31,32,33). The van der Waals surface area contributed by atoms with E-state index in [2.05, 4.69) is 43.4 Å². The molecule has 2 amide bonds. The molecule has 0 aliphatic rings. The van der Waals surface area contributed by atoms with Crippen molar-refractivity contribution in [1.29, 1.82) is 5.41 Å². The zero-order chi connectivity index (χ0) is 27.2. The van der Waals surface area contributed by atoms with Gasteiger partial charge in [0, 0.05) is 38.8 Å². The van der Waals surface area contributed by atoms with Crippen LogP contribution in [0.2, 0.25) is 0 Å². The number of nitrogens with zero attached hydrogens (tertiary/aromatic N) is 2. The molecule has 10 nitrogen and oxygen atoms in total. The van der Waals surface area contributed by atoms with E-state index in [0.29, 0.717) is 44.5 Å². The number of aliphatic imine (C=N–C) groups is 1. The lowest BCUT2D eigenvalue weighted by Gasteiger charge is -2.17. The first-order valence-corrected chi connectivity index (χ1v) is 12.8. The maximum atomic E-state index is 12.6. The highest BCUT2D eigenvalue weighted by Gasteiger charge is 2.21. The van der Waals surface area contributed by atoms with Crippen molar-refractivity contribution < 1.29 is 23.5 Å². The molecule has 0 saturated heterocycles. The molecule has 37 heavy (non-hydrogen) atoms. The molecule has 11 heteroatoms. The van der Waals surface area contributed by atoms with Gasteiger partial charge < -0.3 is 24.1 Å². The van der Waals surface area contributed by atoms with Crippen molar-refractivity contribution in [2.24, 2.45) is 4.99 Å². The third kappa shape index (κ3) is 7.00. The smallest absolute Gasteiger partial charge is 0.324 e. The van der Waals surface area contributed by atoms with Gasteiger partial charge in [0.25, 0.3) is 0 Å². The Morgan fingerprint density at radius 3 is 2.41 bits per heavy atom. The van der Waals surface area contributed by atoms with Crippen LogP contribution in [0.1, 0.15) is 43.2 Å². The zero-order valence-electron chi connectivity index (χ0n) is 21.6. The van der Waals surface area contributed by atoms with E-state index in [0.717, 1.165) is 17.5 Å². The highest BCUT2D eigenvalue weighted by Crippen LogP contribution is 2.32. The Kier molecular flexibility index (Phi) is 9.14. The molecule has 0 aliphatic carbocycles. The lowest BCUT2D eigenvalue weighted by molar-refractivity contribution is 0.262. The summed E-state index contributed by atoms with van der Waals surface area (Å²) in [6.07, 6.45) is 0.911. The molecule has 2 aromatic carbocycles. The van der Waals surface area contributed by atoms with Crippen molar-refractivity contribution in [3.8, 4) is 17.2 Å². The molecule has 0 bridgehead atoms. The average Bonchev–Trinajstić information content (AvgIpc) is 3.32. The van der Waals surface area contributed by atoms with Crippen LogP contribution in [0.3, 0.4) is 0 Å². The molecule has 0 unspecified atom stereocenters. The van der Waals surface area contributed by atoms with Crippen molar-refractivity contribution in [2.45, 2.75) is 37.5 Å².